The molecule has 0 spiro atoms. The van der Waals surface area contributed by atoms with Gasteiger partial charge in [-0.15, -0.1) is 0 Å². The van der Waals surface area contributed by atoms with Crippen LogP contribution in [-0.2, 0) is 16.1 Å². The number of nitrogens with zero attached hydrogens (tertiary/aromatic N) is 4. The fourth-order valence-corrected chi connectivity index (χ4v) is 4.59. The number of halogens is 1. The van der Waals surface area contributed by atoms with Gasteiger partial charge in [-0.25, -0.2) is 9.97 Å². The summed E-state index contributed by atoms with van der Waals surface area (Å²) >= 11 is 7.52. The summed E-state index contributed by atoms with van der Waals surface area (Å²) in [4.78, 5) is 37.9. The number of benzene rings is 1. The molecule has 1 aromatic heterocycles. The minimum absolute atomic E-state index is 0.0341. The summed E-state index contributed by atoms with van der Waals surface area (Å²) in [5.74, 6) is 1.02. The van der Waals surface area contributed by atoms with Crippen molar-refractivity contribution in [2.45, 2.75) is 51.9 Å². The van der Waals surface area contributed by atoms with Crippen molar-refractivity contribution in [1.29, 1.82) is 0 Å². The zero-order valence-electron chi connectivity index (χ0n) is 19.7. The van der Waals surface area contributed by atoms with Crippen LogP contribution in [0.4, 0.5) is 5.82 Å². The predicted octanol–water partition coefficient (Wildman–Crippen LogP) is 4.01. The highest BCUT2D eigenvalue weighted by molar-refractivity contribution is 7.99. The van der Waals surface area contributed by atoms with Crippen LogP contribution in [-0.4, -0.2) is 58.1 Å². The minimum Gasteiger partial charge on any atom is -0.353 e. The maximum absolute atomic E-state index is 12.7. The molecule has 1 aliphatic heterocycles. The molecule has 1 N–H and O–H groups in total. The molecule has 1 fully saturated rings. The molecule has 2 amide bonds. The Labute approximate surface area is 205 Å². The van der Waals surface area contributed by atoms with Crippen molar-refractivity contribution < 1.29 is 9.59 Å². The van der Waals surface area contributed by atoms with Crippen LogP contribution in [0.1, 0.15) is 39.7 Å². The first-order valence-electron chi connectivity index (χ1n) is 11.1. The number of thioether (sulfide) groups is 1. The molecule has 2 heterocycles. The number of rotatable bonds is 7. The van der Waals surface area contributed by atoms with E-state index in [1.165, 1.54) is 11.8 Å². The second-order valence-electron chi connectivity index (χ2n) is 9.50. The molecule has 0 aliphatic carbocycles. The number of aromatic nitrogens is 2. The number of amides is 2. The zero-order chi connectivity index (χ0) is 24.0. The highest BCUT2D eigenvalue weighted by Crippen LogP contribution is 2.26. The van der Waals surface area contributed by atoms with Crippen LogP contribution in [0, 0.1) is 5.41 Å². The Kier molecular flexibility index (Phi) is 8.59. The molecule has 1 aromatic carbocycles. The highest BCUT2D eigenvalue weighted by atomic mass is 35.5. The van der Waals surface area contributed by atoms with Crippen LogP contribution >= 0.6 is 23.4 Å². The summed E-state index contributed by atoms with van der Waals surface area (Å²) in [5, 5.41) is 3.71. The molecule has 7 nitrogen and oxygen atoms in total. The number of carbonyl (C=O) groups excluding carboxylic acids is 2. The van der Waals surface area contributed by atoms with Crippen molar-refractivity contribution in [1.82, 2.24) is 20.2 Å². The first-order chi connectivity index (χ1) is 15.6. The lowest BCUT2D eigenvalue weighted by molar-refractivity contribution is -0.135. The van der Waals surface area contributed by atoms with E-state index in [0.29, 0.717) is 42.9 Å². The van der Waals surface area contributed by atoms with E-state index in [1.54, 1.807) is 6.07 Å². The quantitative estimate of drug-likeness (QED) is 0.359. The van der Waals surface area contributed by atoms with Gasteiger partial charge >= 0.3 is 0 Å². The number of hydrogen-bond donors (Lipinski definition) is 1. The van der Waals surface area contributed by atoms with Crippen LogP contribution < -0.4 is 10.2 Å². The summed E-state index contributed by atoms with van der Waals surface area (Å²) in [6.07, 6.45) is 0.532. The van der Waals surface area contributed by atoms with Gasteiger partial charge in [0.15, 0.2) is 5.16 Å². The Morgan fingerprint density at radius 1 is 1.18 bits per heavy atom. The Bertz CT molecular complexity index is 967. The predicted molar refractivity (Wildman–Crippen MR) is 134 cm³/mol. The lowest BCUT2D eigenvalue weighted by Gasteiger charge is -2.41. The number of hydrogen-bond acceptors (Lipinski definition) is 6. The minimum atomic E-state index is -0.0893. The molecule has 9 heteroatoms. The summed E-state index contributed by atoms with van der Waals surface area (Å²) < 4.78 is 0. The van der Waals surface area contributed by atoms with E-state index in [1.807, 2.05) is 35.2 Å². The number of carbonyl (C=O) groups is 2. The second-order valence-corrected chi connectivity index (χ2v) is 10.8. The summed E-state index contributed by atoms with van der Waals surface area (Å²) in [7, 11) is 0. The van der Waals surface area contributed by atoms with Gasteiger partial charge in [0.1, 0.15) is 11.0 Å². The third-order valence-electron chi connectivity index (χ3n) is 5.28. The topological polar surface area (TPSA) is 78.4 Å². The average molecular weight is 490 g/mol. The van der Waals surface area contributed by atoms with E-state index in [4.69, 9.17) is 11.6 Å². The standard InChI is InChI=1S/C24H32ClN5O2S/c1-17-15-29(10-11-30(17)22(32)13-24(2,3)4)20-12-19(25)27-23(28-20)33-16-21(31)26-14-18-8-6-5-7-9-18/h5-9,12,17H,10-11,13-16H2,1-4H3,(H,26,31). The third-order valence-corrected chi connectivity index (χ3v) is 6.32. The highest BCUT2D eigenvalue weighted by Gasteiger charge is 2.30. The zero-order valence-corrected chi connectivity index (χ0v) is 21.2. The van der Waals surface area contributed by atoms with E-state index in [2.05, 4.69) is 47.9 Å². The SMILES string of the molecule is CC1CN(c2cc(Cl)nc(SCC(=O)NCc3ccccc3)n2)CCN1C(=O)CC(C)(C)C. The molecular formula is C24H32ClN5O2S. The molecule has 1 unspecified atom stereocenters. The largest absolute Gasteiger partial charge is 0.353 e. The molecular weight excluding hydrogens is 458 g/mol. The summed E-state index contributed by atoms with van der Waals surface area (Å²) in [6, 6.07) is 11.6. The van der Waals surface area contributed by atoms with Crippen molar-refractivity contribution in [3.8, 4) is 0 Å². The van der Waals surface area contributed by atoms with Gasteiger partial charge in [0.25, 0.3) is 0 Å². The fourth-order valence-electron chi connectivity index (χ4n) is 3.68. The first-order valence-corrected chi connectivity index (χ1v) is 12.5. The van der Waals surface area contributed by atoms with Crippen molar-refractivity contribution in [2.24, 2.45) is 5.41 Å². The Morgan fingerprint density at radius 3 is 2.58 bits per heavy atom. The number of piperazine rings is 1. The van der Waals surface area contributed by atoms with Gasteiger partial charge in [0, 0.05) is 44.7 Å². The second kappa shape index (κ2) is 11.2. The normalized spacial score (nSPS) is 16.6. The van der Waals surface area contributed by atoms with Crippen LogP contribution in [0.5, 0.6) is 0 Å². The van der Waals surface area contributed by atoms with Crippen molar-refractivity contribution in [3.05, 3.63) is 47.1 Å². The van der Waals surface area contributed by atoms with Gasteiger partial charge in [-0.05, 0) is 17.9 Å². The molecule has 3 rings (SSSR count). The molecule has 0 saturated carbocycles. The van der Waals surface area contributed by atoms with Gasteiger partial charge in [0.2, 0.25) is 11.8 Å². The van der Waals surface area contributed by atoms with E-state index in [-0.39, 0.29) is 29.0 Å². The third kappa shape index (κ3) is 7.89. The van der Waals surface area contributed by atoms with Crippen LogP contribution in [0.2, 0.25) is 5.15 Å². The first kappa shape index (κ1) is 25.3. The smallest absolute Gasteiger partial charge is 0.230 e. The lowest BCUT2D eigenvalue weighted by atomic mass is 9.91. The molecule has 1 aliphatic rings. The molecule has 0 radical (unpaired) electrons. The van der Waals surface area contributed by atoms with Crippen LogP contribution in [0.25, 0.3) is 0 Å². The Hall–Kier alpha value is -2.32. The average Bonchev–Trinajstić information content (AvgIpc) is 2.75. The molecule has 1 saturated heterocycles. The fraction of sp³-hybridized carbons (Fsp3) is 0.500. The van der Waals surface area contributed by atoms with E-state index in [0.717, 1.165) is 11.4 Å². The summed E-state index contributed by atoms with van der Waals surface area (Å²) in [5.41, 5.74) is 1.01. The lowest BCUT2D eigenvalue weighted by Crippen LogP contribution is -2.54. The van der Waals surface area contributed by atoms with E-state index < -0.39 is 0 Å². The van der Waals surface area contributed by atoms with Gasteiger partial charge < -0.3 is 15.1 Å². The van der Waals surface area contributed by atoms with Crippen molar-refractivity contribution in [2.75, 3.05) is 30.3 Å². The molecule has 0 bridgehead atoms. The maximum atomic E-state index is 12.7. The molecule has 1 atom stereocenters. The van der Waals surface area contributed by atoms with Gasteiger partial charge in [-0.3, -0.25) is 9.59 Å². The van der Waals surface area contributed by atoms with Gasteiger partial charge in [-0.1, -0.05) is 74.5 Å². The number of nitrogens with one attached hydrogen (secondary N) is 1. The number of anilines is 1. The molecule has 33 heavy (non-hydrogen) atoms. The van der Waals surface area contributed by atoms with Crippen molar-refractivity contribution >= 4 is 41.0 Å². The summed E-state index contributed by atoms with van der Waals surface area (Å²) in [6.45, 7) is 10.8. The van der Waals surface area contributed by atoms with Gasteiger partial charge in [-0.2, -0.15) is 0 Å². The van der Waals surface area contributed by atoms with E-state index in [9.17, 15) is 9.59 Å². The van der Waals surface area contributed by atoms with E-state index >= 15 is 0 Å². The molecule has 178 valence electrons. The van der Waals surface area contributed by atoms with Crippen LogP contribution in [0.3, 0.4) is 0 Å². The van der Waals surface area contributed by atoms with Crippen LogP contribution in [0.15, 0.2) is 41.6 Å². The Balaban J connectivity index is 1.55. The van der Waals surface area contributed by atoms with Crippen molar-refractivity contribution in [3.63, 3.8) is 0 Å². The monoisotopic (exact) mass is 489 g/mol. The molecule has 2 aromatic rings. The van der Waals surface area contributed by atoms with Gasteiger partial charge in [0.05, 0.1) is 5.75 Å². The Morgan fingerprint density at radius 2 is 1.91 bits per heavy atom. The maximum Gasteiger partial charge on any atom is 0.230 e.